The molecule has 0 spiro atoms. The lowest BCUT2D eigenvalue weighted by Gasteiger charge is -2.22. The van der Waals surface area contributed by atoms with E-state index in [1.54, 1.807) is 0 Å². The largest absolute Gasteiger partial charge is 0.304 e. The van der Waals surface area contributed by atoms with Crippen LogP contribution in [0.15, 0.2) is 35.9 Å². The molecule has 0 heterocycles. The van der Waals surface area contributed by atoms with Crippen LogP contribution in [0.1, 0.15) is 44.7 Å². The zero-order valence-electron chi connectivity index (χ0n) is 11.9. The number of allylic oxidation sites excluding steroid dienone is 2. The monoisotopic (exact) mass is 241 g/mol. The number of rotatable bonds is 2. The smallest absolute Gasteiger partial charge is 0.0426 e. The fourth-order valence-electron chi connectivity index (χ4n) is 2.64. The molecule has 1 atom stereocenters. The third-order valence-corrected chi connectivity index (χ3v) is 3.92. The molecule has 18 heavy (non-hydrogen) atoms. The molecule has 0 bridgehead atoms. The average Bonchev–Trinajstić information content (AvgIpc) is 2.77. The summed E-state index contributed by atoms with van der Waals surface area (Å²) in [6.45, 7) is 8.88. The van der Waals surface area contributed by atoms with Crippen molar-refractivity contribution in [3.05, 3.63) is 47.0 Å². The molecule has 0 saturated heterocycles. The van der Waals surface area contributed by atoms with Gasteiger partial charge in [-0.25, -0.2) is 0 Å². The van der Waals surface area contributed by atoms with Gasteiger partial charge >= 0.3 is 0 Å². The maximum absolute atomic E-state index is 8.43. The van der Waals surface area contributed by atoms with Gasteiger partial charge in [-0.05, 0) is 36.3 Å². The molecule has 1 aliphatic rings. The second-order valence-corrected chi connectivity index (χ2v) is 6.34. The van der Waals surface area contributed by atoms with Crippen LogP contribution >= 0.6 is 0 Å². The summed E-state index contributed by atoms with van der Waals surface area (Å²) in [5.74, 6) is 0.375. The number of aryl methyl sites for hydroxylation is 1. The van der Waals surface area contributed by atoms with Gasteiger partial charge in [0.2, 0.25) is 0 Å². The summed E-state index contributed by atoms with van der Waals surface area (Å²) < 4.78 is 0. The quantitative estimate of drug-likeness (QED) is 0.571. The maximum Gasteiger partial charge on any atom is 0.0426 e. The molecule has 0 saturated carbocycles. The molecule has 0 amide bonds. The fraction of sp³-hybridized carbons (Fsp3) is 0.471. The summed E-state index contributed by atoms with van der Waals surface area (Å²) in [7, 11) is 0. The summed E-state index contributed by atoms with van der Waals surface area (Å²) in [5, 5.41) is 8.43. The van der Waals surface area contributed by atoms with Gasteiger partial charge in [-0.3, -0.25) is 0 Å². The van der Waals surface area contributed by atoms with E-state index in [2.05, 4.69) is 45.9 Å². The third-order valence-electron chi connectivity index (χ3n) is 3.92. The molecule has 1 N–H and O–H groups in total. The standard InChI is InChI=1S/C17H23N/c1-12-7-5-6-8-15(12)16(18)13-9-10-14(11-13)17(2,3)4/h5-8,10,13,18H,9,11H2,1-4H3. The minimum absolute atomic E-state index is 0.251. The highest BCUT2D eigenvalue weighted by Gasteiger charge is 2.28. The zero-order valence-corrected chi connectivity index (χ0v) is 11.9. The van der Waals surface area contributed by atoms with Gasteiger partial charge in [-0.1, -0.05) is 56.7 Å². The Balaban J connectivity index is 2.13. The Morgan fingerprint density at radius 1 is 1.22 bits per heavy atom. The van der Waals surface area contributed by atoms with E-state index in [9.17, 15) is 0 Å². The number of benzene rings is 1. The van der Waals surface area contributed by atoms with Crippen molar-refractivity contribution in [3.63, 3.8) is 0 Å². The predicted molar refractivity (Wildman–Crippen MR) is 78.3 cm³/mol. The first kappa shape index (κ1) is 13.1. The zero-order chi connectivity index (χ0) is 13.3. The third kappa shape index (κ3) is 2.55. The topological polar surface area (TPSA) is 23.9 Å². The van der Waals surface area contributed by atoms with Crippen molar-refractivity contribution in [1.29, 1.82) is 5.41 Å². The van der Waals surface area contributed by atoms with Crippen molar-refractivity contribution < 1.29 is 0 Å². The van der Waals surface area contributed by atoms with Gasteiger partial charge < -0.3 is 5.41 Å². The van der Waals surface area contributed by atoms with E-state index in [1.165, 1.54) is 11.1 Å². The van der Waals surface area contributed by atoms with Crippen molar-refractivity contribution in [2.75, 3.05) is 0 Å². The van der Waals surface area contributed by atoms with E-state index in [0.29, 0.717) is 5.92 Å². The van der Waals surface area contributed by atoms with E-state index in [4.69, 9.17) is 5.41 Å². The van der Waals surface area contributed by atoms with Crippen molar-refractivity contribution in [3.8, 4) is 0 Å². The molecule has 0 aromatic heterocycles. The van der Waals surface area contributed by atoms with Crippen LogP contribution in [0, 0.1) is 23.7 Å². The van der Waals surface area contributed by atoms with Gasteiger partial charge in [-0.15, -0.1) is 0 Å². The second kappa shape index (κ2) is 4.72. The molecule has 1 aliphatic carbocycles. The Morgan fingerprint density at radius 2 is 1.89 bits per heavy atom. The van der Waals surface area contributed by atoms with E-state index >= 15 is 0 Å². The van der Waals surface area contributed by atoms with Gasteiger partial charge in [0.15, 0.2) is 0 Å². The molecule has 1 nitrogen and oxygen atoms in total. The Hall–Kier alpha value is -1.37. The Bertz CT molecular complexity index is 489. The first-order chi connectivity index (χ1) is 8.39. The van der Waals surface area contributed by atoms with Gasteiger partial charge in [0.25, 0.3) is 0 Å². The highest BCUT2D eigenvalue weighted by Crippen LogP contribution is 2.38. The number of hydrogen-bond acceptors (Lipinski definition) is 1. The lowest BCUT2D eigenvalue weighted by atomic mass is 9.83. The lowest BCUT2D eigenvalue weighted by molar-refractivity contribution is 0.482. The molecule has 96 valence electrons. The molecule has 0 fully saturated rings. The Morgan fingerprint density at radius 3 is 2.44 bits per heavy atom. The molecular weight excluding hydrogens is 218 g/mol. The molecule has 1 aromatic carbocycles. The summed E-state index contributed by atoms with van der Waals surface area (Å²) in [6, 6.07) is 8.24. The second-order valence-electron chi connectivity index (χ2n) is 6.34. The minimum Gasteiger partial charge on any atom is -0.304 e. The summed E-state index contributed by atoms with van der Waals surface area (Å²) in [5.41, 5.74) is 4.90. The predicted octanol–water partition coefficient (Wildman–Crippen LogP) is 4.75. The first-order valence-electron chi connectivity index (χ1n) is 6.73. The maximum atomic E-state index is 8.43. The SMILES string of the molecule is Cc1ccccc1C(=N)C1CC=C(C(C)(C)C)C1. The van der Waals surface area contributed by atoms with Crippen LogP contribution in [0.5, 0.6) is 0 Å². The number of hydrogen-bond donors (Lipinski definition) is 1. The highest BCUT2D eigenvalue weighted by molar-refractivity contribution is 6.01. The van der Waals surface area contributed by atoms with Gasteiger partial charge in [0.05, 0.1) is 0 Å². The fourth-order valence-corrected chi connectivity index (χ4v) is 2.64. The van der Waals surface area contributed by atoms with Crippen molar-refractivity contribution in [1.82, 2.24) is 0 Å². The first-order valence-corrected chi connectivity index (χ1v) is 6.73. The van der Waals surface area contributed by atoms with Crippen LogP contribution in [0.3, 0.4) is 0 Å². The minimum atomic E-state index is 0.251. The molecule has 1 aromatic rings. The van der Waals surface area contributed by atoms with Gasteiger partial charge in [0, 0.05) is 11.6 Å². The van der Waals surface area contributed by atoms with Gasteiger partial charge in [0.1, 0.15) is 0 Å². The van der Waals surface area contributed by atoms with Crippen molar-refractivity contribution in [2.45, 2.75) is 40.5 Å². The van der Waals surface area contributed by atoms with Gasteiger partial charge in [-0.2, -0.15) is 0 Å². The highest BCUT2D eigenvalue weighted by atomic mass is 14.5. The van der Waals surface area contributed by atoms with Crippen LogP contribution < -0.4 is 0 Å². The molecule has 0 radical (unpaired) electrons. The average molecular weight is 241 g/mol. The van der Waals surface area contributed by atoms with Crippen molar-refractivity contribution in [2.24, 2.45) is 11.3 Å². The van der Waals surface area contributed by atoms with Crippen LogP contribution in [0.4, 0.5) is 0 Å². The number of nitrogens with one attached hydrogen (secondary N) is 1. The molecule has 1 unspecified atom stereocenters. The van der Waals surface area contributed by atoms with Crippen molar-refractivity contribution >= 4 is 5.71 Å². The molecule has 1 heteroatoms. The van der Waals surface area contributed by atoms with E-state index in [-0.39, 0.29) is 5.41 Å². The molecular formula is C17H23N. The summed E-state index contributed by atoms with van der Waals surface area (Å²) in [6.07, 6.45) is 4.42. The van der Waals surface area contributed by atoms with E-state index < -0.39 is 0 Å². The Labute approximate surface area is 110 Å². The normalized spacial score (nSPS) is 19.8. The lowest BCUT2D eigenvalue weighted by Crippen LogP contribution is -2.15. The molecule has 0 aliphatic heterocycles. The Kier molecular flexibility index (Phi) is 3.43. The van der Waals surface area contributed by atoms with Crippen LogP contribution in [-0.4, -0.2) is 5.71 Å². The molecule has 2 rings (SSSR count). The van der Waals surface area contributed by atoms with Crippen LogP contribution in [-0.2, 0) is 0 Å². The summed E-state index contributed by atoms with van der Waals surface area (Å²) in [4.78, 5) is 0. The summed E-state index contributed by atoms with van der Waals surface area (Å²) >= 11 is 0. The van der Waals surface area contributed by atoms with E-state index in [1.807, 2.05) is 12.1 Å². The van der Waals surface area contributed by atoms with Crippen LogP contribution in [0.2, 0.25) is 0 Å². The van der Waals surface area contributed by atoms with E-state index in [0.717, 1.165) is 24.1 Å². The van der Waals surface area contributed by atoms with Crippen LogP contribution in [0.25, 0.3) is 0 Å².